The van der Waals surface area contributed by atoms with Gasteiger partial charge < -0.3 is 9.80 Å². The van der Waals surface area contributed by atoms with Crippen molar-refractivity contribution in [3.05, 3.63) is 100 Å². The van der Waals surface area contributed by atoms with Gasteiger partial charge in [0, 0.05) is 28.4 Å². The van der Waals surface area contributed by atoms with Gasteiger partial charge in [0.2, 0.25) is 0 Å². The summed E-state index contributed by atoms with van der Waals surface area (Å²) in [6.45, 7) is 0.447. The SMILES string of the molecule is O=C(c1ccc(Cl)cc1)N1CCS[C@@]12C(=O)N(Cc1cccc(F)c1)c1ccc(F)cc12. The molecule has 0 aliphatic carbocycles. The number of benzene rings is 3. The Bertz CT molecular complexity index is 1240. The minimum atomic E-state index is -1.37. The summed E-state index contributed by atoms with van der Waals surface area (Å²) in [7, 11) is 0. The third-order valence-corrected chi connectivity index (χ3v) is 7.39. The predicted molar refractivity (Wildman–Crippen MR) is 121 cm³/mol. The lowest BCUT2D eigenvalue weighted by Gasteiger charge is -2.33. The van der Waals surface area contributed by atoms with Crippen LogP contribution >= 0.6 is 23.4 Å². The molecular formula is C24H17ClF2N2O2S. The summed E-state index contributed by atoms with van der Waals surface area (Å²) in [5.74, 6) is -1.04. The molecule has 0 radical (unpaired) electrons. The average Bonchev–Trinajstić information content (AvgIpc) is 3.31. The van der Waals surface area contributed by atoms with Crippen LogP contribution in [0.15, 0.2) is 66.7 Å². The fourth-order valence-electron chi connectivity index (χ4n) is 4.31. The maximum atomic E-state index is 14.3. The van der Waals surface area contributed by atoms with Gasteiger partial charge in [-0.1, -0.05) is 23.7 Å². The van der Waals surface area contributed by atoms with Crippen LogP contribution < -0.4 is 4.90 Å². The molecule has 2 amide bonds. The molecular weight excluding hydrogens is 454 g/mol. The Balaban J connectivity index is 1.59. The molecule has 0 saturated carbocycles. The number of hydrogen-bond donors (Lipinski definition) is 0. The second kappa shape index (κ2) is 7.90. The number of amides is 2. The molecule has 8 heteroatoms. The van der Waals surface area contributed by atoms with Crippen molar-refractivity contribution >= 4 is 40.9 Å². The Morgan fingerprint density at radius 1 is 1.03 bits per heavy atom. The van der Waals surface area contributed by atoms with E-state index in [2.05, 4.69) is 0 Å². The Kier molecular flexibility index (Phi) is 5.18. The normalized spacial score (nSPS) is 19.7. The molecule has 0 N–H and O–H groups in total. The fourth-order valence-corrected chi connectivity index (χ4v) is 5.89. The van der Waals surface area contributed by atoms with E-state index >= 15 is 0 Å². The first-order chi connectivity index (χ1) is 15.4. The van der Waals surface area contributed by atoms with Crippen LogP contribution in [0.3, 0.4) is 0 Å². The van der Waals surface area contributed by atoms with Gasteiger partial charge in [0.15, 0.2) is 4.87 Å². The van der Waals surface area contributed by atoms with Gasteiger partial charge in [-0.25, -0.2) is 8.78 Å². The van der Waals surface area contributed by atoms with Crippen molar-refractivity contribution in [1.29, 1.82) is 0 Å². The van der Waals surface area contributed by atoms with Crippen molar-refractivity contribution in [2.75, 3.05) is 17.2 Å². The minimum Gasteiger partial charge on any atom is -0.311 e. The summed E-state index contributed by atoms with van der Waals surface area (Å²) in [5.41, 5.74) is 1.95. The van der Waals surface area contributed by atoms with Gasteiger partial charge in [0.1, 0.15) is 11.6 Å². The van der Waals surface area contributed by atoms with E-state index < -0.39 is 16.5 Å². The lowest BCUT2D eigenvalue weighted by molar-refractivity contribution is -0.123. The van der Waals surface area contributed by atoms with Gasteiger partial charge >= 0.3 is 0 Å². The Morgan fingerprint density at radius 2 is 1.78 bits per heavy atom. The number of halogens is 3. The van der Waals surface area contributed by atoms with Crippen molar-refractivity contribution in [2.24, 2.45) is 0 Å². The van der Waals surface area contributed by atoms with Gasteiger partial charge in [0.05, 0.1) is 12.2 Å². The summed E-state index contributed by atoms with van der Waals surface area (Å²) >= 11 is 7.26. The molecule has 0 aromatic heterocycles. The number of anilines is 1. The highest BCUT2D eigenvalue weighted by molar-refractivity contribution is 8.01. The molecule has 0 unspecified atom stereocenters. The maximum Gasteiger partial charge on any atom is 0.268 e. The molecule has 1 spiro atoms. The summed E-state index contributed by atoms with van der Waals surface area (Å²) in [6.07, 6.45) is 0. The molecule has 162 valence electrons. The Hall–Kier alpha value is -2.90. The van der Waals surface area contributed by atoms with Gasteiger partial charge in [0.25, 0.3) is 11.8 Å². The molecule has 4 nitrogen and oxygen atoms in total. The maximum absolute atomic E-state index is 14.3. The van der Waals surface area contributed by atoms with Gasteiger partial charge in [-0.3, -0.25) is 9.59 Å². The number of carbonyl (C=O) groups is 2. The molecule has 2 aliphatic rings. The highest BCUT2D eigenvalue weighted by atomic mass is 35.5. The first kappa shape index (κ1) is 21.0. The number of rotatable bonds is 3. The largest absolute Gasteiger partial charge is 0.311 e. The summed E-state index contributed by atoms with van der Waals surface area (Å²) in [5, 5.41) is 0.498. The van der Waals surface area contributed by atoms with Crippen molar-refractivity contribution < 1.29 is 18.4 Å². The monoisotopic (exact) mass is 470 g/mol. The molecule has 3 aromatic rings. The molecule has 1 atom stereocenters. The van der Waals surface area contributed by atoms with Crippen LogP contribution in [0.4, 0.5) is 14.5 Å². The van der Waals surface area contributed by atoms with Crippen LogP contribution in [-0.2, 0) is 16.2 Å². The first-order valence-electron chi connectivity index (χ1n) is 9.98. The topological polar surface area (TPSA) is 40.6 Å². The lowest BCUT2D eigenvalue weighted by Crippen LogP contribution is -2.50. The molecule has 1 fully saturated rings. The first-order valence-corrected chi connectivity index (χ1v) is 11.3. The van der Waals surface area contributed by atoms with Gasteiger partial charge in [-0.15, -0.1) is 11.8 Å². The number of carbonyl (C=O) groups excluding carboxylic acids is 2. The fraction of sp³-hybridized carbons (Fsp3) is 0.167. The van der Waals surface area contributed by atoms with E-state index in [4.69, 9.17) is 11.6 Å². The molecule has 2 heterocycles. The average molecular weight is 471 g/mol. The van der Waals surface area contributed by atoms with Crippen LogP contribution in [0, 0.1) is 11.6 Å². The van der Waals surface area contributed by atoms with Crippen LogP contribution in [0.5, 0.6) is 0 Å². The summed E-state index contributed by atoms with van der Waals surface area (Å²) in [6, 6.07) is 16.6. The molecule has 3 aromatic carbocycles. The molecule has 0 bridgehead atoms. The molecule has 5 rings (SSSR count). The Morgan fingerprint density at radius 3 is 2.53 bits per heavy atom. The molecule has 1 saturated heterocycles. The molecule has 2 aliphatic heterocycles. The third kappa shape index (κ3) is 3.27. The van der Waals surface area contributed by atoms with Crippen LogP contribution in [-0.4, -0.2) is 29.0 Å². The van der Waals surface area contributed by atoms with E-state index in [-0.39, 0.29) is 18.4 Å². The number of hydrogen-bond acceptors (Lipinski definition) is 3. The van der Waals surface area contributed by atoms with E-state index in [0.717, 1.165) is 0 Å². The van der Waals surface area contributed by atoms with Crippen LogP contribution in [0.2, 0.25) is 5.02 Å². The van der Waals surface area contributed by atoms with Crippen molar-refractivity contribution in [1.82, 2.24) is 4.90 Å². The Labute approximate surface area is 192 Å². The van der Waals surface area contributed by atoms with E-state index in [0.29, 0.717) is 39.7 Å². The molecule has 32 heavy (non-hydrogen) atoms. The van der Waals surface area contributed by atoms with Gasteiger partial charge in [-0.05, 0) is 60.2 Å². The smallest absolute Gasteiger partial charge is 0.268 e. The van der Waals surface area contributed by atoms with E-state index in [1.165, 1.54) is 45.8 Å². The predicted octanol–water partition coefficient (Wildman–Crippen LogP) is 5.21. The number of fused-ring (bicyclic) bond motifs is 2. The highest BCUT2D eigenvalue weighted by Gasteiger charge is 2.59. The zero-order chi connectivity index (χ0) is 22.5. The summed E-state index contributed by atoms with van der Waals surface area (Å²) < 4.78 is 28.1. The van der Waals surface area contributed by atoms with Gasteiger partial charge in [-0.2, -0.15) is 0 Å². The second-order valence-electron chi connectivity index (χ2n) is 7.64. The summed E-state index contributed by atoms with van der Waals surface area (Å²) in [4.78, 5) is 28.9. The van der Waals surface area contributed by atoms with E-state index in [1.54, 1.807) is 42.5 Å². The minimum absolute atomic E-state index is 0.112. The quantitative estimate of drug-likeness (QED) is 0.528. The van der Waals surface area contributed by atoms with Crippen LogP contribution in [0.25, 0.3) is 0 Å². The zero-order valence-corrected chi connectivity index (χ0v) is 18.3. The van der Waals surface area contributed by atoms with E-state index in [1.807, 2.05) is 0 Å². The number of nitrogens with zero attached hydrogens (tertiary/aromatic N) is 2. The third-order valence-electron chi connectivity index (χ3n) is 5.72. The van der Waals surface area contributed by atoms with Crippen molar-refractivity contribution in [2.45, 2.75) is 11.4 Å². The van der Waals surface area contributed by atoms with Crippen molar-refractivity contribution in [3.8, 4) is 0 Å². The standard InChI is InChI=1S/C24H17ClF2N2O2S/c25-17-6-4-16(5-7-17)22(30)29-10-11-32-24(29)20-13-19(27)8-9-21(20)28(23(24)31)14-15-2-1-3-18(26)12-15/h1-9,12-13H,10-11,14H2/t24-/m0/s1. The van der Waals surface area contributed by atoms with Crippen molar-refractivity contribution in [3.63, 3.8) is 0 Å². The highest BCUT2D eigenvalue weighted by Crippen LogP contribution is 2.54. The second-order valence-corrected chi connectivity index (χ2v) is 9.36. The van der Waals surface area contributed by atoms with E-state index in [9.17, 15) is 18.4 Å². The van der Waals surface area contributed by atoms with Crippen LogP contribution in [0.1, 0.15) is 21.5 Å². The zero-order valence-electron chi connectivity index (χ0n) is 16.7. The lowest BCUT2D eigenvalue weighted by atomic mass is 10.0. The number of thioether (sulfide) groups is 1.